The number of nitrogens with zero attached hydrogens (tertiary/aromatic N) is 1. The largest absolute Gasteiger partial charge is 0.497 e. The number of nitrogens with one attached hydrogen (secondary N) is 1. The molecule has 1 N–H and O–H groups in total. The molecule has 0 saturated heterocycles. The predicted molar refractivity (Wildman–Crippen MR) is 122 cm³/mol. The van der Waals surface area contributed by atoms with E-state index >= 15 is 0 Å². The molecular formula is C24H26N2O4S. The summed E-state index contributed by atoms with van der Waals surface area (Å²) in [5.74, 6) is 0.373. The van der Waals surface area contributed by atoms with E-state index in [4.69, 9.17) is 4.74 Å². The van der Waals surface area contributed by atoms with Gasteiger partial charge < -0.3 is 10.1 Å². The van der Waals surface area contributed by atoms with E-state index in [0.29, 0.717) is 29.1 Å². The van der Waals surface area contributed by atoms with Crippen LogP contribution in [-0.2, 0) is 16.6 Å². The fourth-order valence-electron chi connectivity index (χ4n) is 3.27. The van der Waals surface area contributed by atoms with Gasteiger partial charge in [-0.05, 0) is 73.0 Å². The van der Waals surface area contributed by atoms with Crippen LogP contribution in [0.25, 0.3) is 0 Å². The number of carbonyl (C=O) groups excluding carboxylic acids is 1. The smallest absolute Gasteiger partial charge is 0.264 e. The minimum Gasteiger partial charge on any atom is -0.497 e. The van der Waals surface area contributed by atoms with Crippen molar-refractivity contribution in [1.29, 1.82) is 0 Å². The third-order valence-electron chi connectivity index (χ3n) is 5.22. The van der Waals surface area contributed by atoms with Crippen LogP contribution in [0, 0.1) is 13.8 Å². The molecule has 0 radical (unpaired) electrons. The van der Waals surface area contributed by atoms with E-state index in [1.54, 1.807) is 37.3 Å². The fourth-order valence-corrected chi connectivity index (χ4v) is 4.53. The van der Waals surface area contributed by atoms with E-state index in [-0.39, 0.29) is 10.8 Å². The van der Waals surface area contributed by atoms with Gasteiger partial charge >= 0.3 is 0 Å². The van der Waals surface area contributed by atoms with Gasteiger partial charge in [0.05, 0.1) is 17.7 Å². The summed E-state index contributed by atoms with van der Waals surface area (Å²) >= 11 is 0. The van der Waals surface area contributed by atoms with Crippen LogP contribution < -0.4 is 14.4 Å². The average Bonchev–Trinajstić information content (AvgIpc) is 2.77. The Labute approximate surface area is 183 Å². The summed E-state index contributed by atoms with van der Waals surface area (Å²) in [6.07, 6.45) is 0. The van der Waals surface area contributed by atoms with Gasteiger partial charge in [-0.2, -0.15) is 0 Å². The number of hydrogen-bond acceptors (Lipinski definition) is 4. The molecule has 0 aliphatic rings. The molecule has 0 aromatic heterocycles. The molecule has 162 valence electrons. The minimum atomic E-state index is -3.75. The van der Waals surface area contributed by atoms with Crippen LogP contribution in [0.15, 0.2) is 71.6 Å². The van der Waals surface area contributed by atoms with Crippen molar-refractivity contribution < 1.29 is 17.9 Å². The Balaban J connectivity index is 1.77. The molecule has 0 fully saturated rings. The van der Waals surface area contributed by atoms with Crippen LogP contribution in [0.4, 0.5) is 5.69 Å². The van der Waals surface area contributed by atoms with Crippen LogP contribution in [0.3, 0.4) is 0 Å². The monoisotopic (exact) mass is 438 g/mol. The SMILES string of the molecule is COc1ccc(S(=O)(=O)N(C)c2ccc(C(=O)NCc3ccccc3C)cc2C)cc1. The van der Waals surface area contributed by atoms with Crippen molar-refractivity contribution in [3.8, 4) is 5.75 Å². The lowest BCUT2D eigenvalue weighted by Gasteiger charge is -2.22. The number of anilines is 1. The van der Waals surface area contributed by atoms with Crippen LogP contribution in [0.5, 0.6) is 5.75 Å². The van der Waals surface area contributed by atoms with Crippen LogP contribution in [0.2, 0.25) is 0 Å². The van der Waals surface area contributed by atoms with E-state index in [9.17, 15) is 13.2 Å². The first-order chi connectivity index (χ1) is 14.7. The molecule has 3 aromatic rings. The number of rotatable bonds is 7. The van der Waals surface area contributed by atoms with Crippen LogP contribution >= 0.6 is 0 Å². The van der Waals surface area contributed by atoms with E-state index in [1.807, 2.05) is 31.2 Å². The lowest BCUT2D eigenvalue weighted by atomic mass is 10.1. The van der Waals surface area contributed by atoms with Crippen molar-refractivity contribution in [3.63, 3.8) is 0 Å². The normalized spacial score (nSPS) is 11.1. The van der Waals surface area contributed by atoms with Crippen molar-refractivity contribution in [2.75, 3.05) is 18.5 Å². The first kappa shape index (κ1) is 22.4. The van der Waals surface area contributed by atoms with E-state index in [2.05, 4.69) is 5.32 Å². The summed E-state index contributed by atoms with van der Waals surface area (Å²) < 4.78 is 32.3. The number of aryl methyl sites for hydroxylation is 2. The fraction of sp³-hybridized carbons (Fsp3) is 0.208. The molecule has 0 saturated carbocycles. The second-order valence-electron chi connectivity index (χ2n) is 7.26. The van der Waals surface area contributed by atoms with Gasteiger partial charge in [0.2, 0.25) is 0 Å². The van der Waals surface area contributed by atoms with Crippen molar-refractivity contribution in [2.24, 2.45) is 0 Å². The molecule has 0 spiro atoms. The summed E-state index contributed by atoms with van der Waals surface area (Å²) in [6, 6.07) is 19.1. The van der Waals surface area contributed by atoms with Crippen LogP contribution in [0.1, 0.15) is 27.0 Å². The summed E-state index contributed by atoms with van der Waals surface area (Å²) in [7, 11) is -0.721. The quantitative estimate of drug-likeness (QED) is 0.603. The Morgan fingerprint density at radius 1 is 0.968 bits per heavy atom. The third-order valence-corrected chi connectivity index (χ3v) is 7.00. The molecule has 0 heterocycles. The Hall–Kier alpha value is -3.32. The van der Waals surface area contributed by atoms with Crippen molar-refractivity contribution in [3.05, 3.63) is 89.0 Å². The maximum Gasteiger partial charge on any atom is 0.264 e. The first-order valence-electron chi connectivity index (χ1n) is 9.80. The topological polar surface area (TPSA) is 75.7 Å². The number of carbonyl (C=O) groups is 1. The van der Waals surface area contributed by atoms with E-state index < -0.39 is 10.0 Å². The zero-order chi connectivity index (χ0) is 22.6. The van der Waals surface area contributed by atoms with Gasteiger partial charge in [0, 0.05) is 19.2 Å². The van der Waals surface area contributed by atoms with Crippen molar-refractivity contribution >= 4 is 21.6 Å². The van der Waals surface area contributed by atoms with Gasteiger partial charge in [-0.25, -0.2) is 8.42 Å². The third kappa shape index (κ3) is 4.88. The van der Waals surface area contributed by atoms with Gasteiger partial charge in [-0.1, -0.05) is 24.3 Å². The summed E-state index contributed by atoms with van der Waals surface area (Å²) in [6.45, 7) is 4.21. The van der Waals surface area contributed by atoms with E-state index in [0.717, 1.165) is 11.1 Å². The summed E-state index contributed by atoms with van der Waals surface area (Å²) in [5, 5.41) is 2.92. The van der Waals surface area contributed by atoms with Crippen molar-refractivity contribution in [1.82, 2.24) is 5.32 Å². The van der Waals surface area contributed by atoms with E-state index in [1.165, 1.54) is 30.6 Å². The molecule has 0 unspecified atom stereocenters. The average molecular weight is 439 g/mol. The minimum absolute atomic E-state index is 0.162. The number of methoxy groups -OCH3 is 1. The Kier molecular flexibility index (Phi) is 6.65. The molecule has 7 heteroatoms. The Morgan fingerprint density at radius 2 is 1.65 bits per heavy atom. The standard InChI is InChI=1S/C24H26N2O4S/c1-17-7-5-6-8-20(17)16-25-24(27)19-9-14-23(18(2)15-19)26(3)31(28,29)22-12-10-21(30-4)11-13-22/h5-15H,16H2,1-4H3,(H,25,27). The lowest BCUT2D eigenvalue weighted by Crippen LogP contribution is -2.28. The molecule has 3 aromatic carbocycles. The predicted octanol–water partition coefficient (Wildman–Crippen LogP) is 4.07. The number of benzene rings is 3. The lowest BCUT2D eigenvalue weighted by molar-refractivity contribution is 0.0951. The number of ether oxygens (including phenoxy) is 1. The van der Waals surface area contributed by atoms with Gasteiger partial charge in [-0.3, -0.25) is 9.10 Å². The highest BCUT2D eigenvalue weighted by Crippen LogP contribution is 2.27. The van der Waals surface area contributed by atoms with Gasteiger partial charge in [0.1, 0.15) is 5.75 Å². The summed E-state index contributed by atoms with van der Waals surface area (Å²) in [4.78, 5) is 12.7. The molecule has 0 atom stereocenters. The second kappa shape index (κ2) is 9.22. The first-order valence-corrected chi connectivity index (χ1v) is 11.2. The van der Waals surface area contributed by atoms with Crippen LogP contribution in [-0.4, -0.2) is 28.5 Å². The zero-order valence-electron chi connectivity index (χ0n) is 18.0. The molecule has 0 bridgehead atoms. The summed E-state index contributed by atoms with van der Waals surface area (Å²) in [5.41, 5.74) is 3.83. The molecule has 0 aliphatic carbocycles. The highest BCUT2D eigenvalue weighted by atomic mass is 32.2. The molecule has 31 heavy (non-hydrogen) atoms. The highest BCUT2D eigenvalue weighted by Gasteiger charge is 2.23. The zero-order valence-corrected chi connectivity index (χ0v) is 18.9. The number of sulfonamides is 1. The number of hydrogen-bond donors (Lipinski definition) is 1. The molecule has 0 aliphatic heterocycles. The molecule has 1 amide bonds. The highest BCUT2D eigenvalue weighted by molar-refractivity contribution is 7.92. The second-order valence-corrected chi connectivity index (χ2v) is 9.23. The number of amides is 1. The Morgan fingerprint density at radius 3 is 2.26 bits per heavy atom. The molecular weight excluding hydrogens is 412 g/mol. The maximum atomic E-state index is 13.0. The van der Waals surface area contributed by atoms with Gasteiger partial charge in [0.25, 0.3) is 15.9 Å². The van der Waals surface area contributed by atoms with Crippen molar-refractivity contribution in [2.45, 2.75) is 25.3 Å². The van der Waals surface area contributed by atoms with Gasteiger partial charge in [0.15, 0.2) is 0 Å². The van der Waals surface area contributed by atoms with Gasteiger partial charge in [-0.15, -0.1) is 0 Å². The maximum absolute atomic E-state index is 13.0. The Bertz CT molecular complexity index is 1190. The molecule has 6 nitrogen and oxygen atoms in total. The molecule has 3 rings (SSSR count).